The lowest BCUT2D eigenvalue weighted by molar-refractivity contribution is 0.102. The van der Waals surface area contributed by atoms with Gasteiger partial charge in [0.2, 0.25) is 0 Å². The van der Waals surface area contributed by atoms with E-state index in [0.717, 1.165) is 10.0 Å². The van der Waals surface area contributed by atoms with Gasteiger partial charge in [-0.15, -0.1) is 0 Å². The van der Waals surface area contributed by atoms with Crippen LogP contribution in [0.3, 0.4) is 0 Å². The van der Waals surface area contributed by atoms with Gasteiger partial charge in [0.15, 0.2) is 0 Å². The van der Waals surface area contributed by atoms with E-state index in [1.165, 1.54) is 6.20 Å². The number of hydrogen-bond donors (Lipinski definition) is 3. The lowest BCUT2D eigenvalue weighted by Gasteiger charge is -2.11. The number of aryl methyl sites for hydroxylation is 2. The van der Waals surface area contributed by atoms with Crippen molar-refractivity contribution in [2.24, 2.45) is 0 Å². The average Bonchev–Trinajstić information content (AvgIpc) is 2.69. The van der Waals surface area contributed by atoms with Gasteiger partial charge in [0.05, 0.1) is 23.1 Å². The molecule has 1 aromatic carbocycles. The number of nitrogens with zero attached hydrogens (tertiary/aromatic N) is 1. The number of anilines is 2. The number of carbonyl (C=O) groups is 1. The molecule has 94 valence electrons. The zero-order valence-corrected chi connectivity index (χ0v) is 11.6. The van der Waals surface area contributed by atoms with Gasteiger partial charge in [0, 0.05) is 10.2 Å². The molecule has 0 atom stereocenters. The average molecular weight is 309 g/mol. The van der Waals surface area contributed by atoms with E-state index in [1.54, 1.807) is 6.92 Å². The van der Waals surface area contributed by atoms with Crippen molar-refractivity contribution in [2.45, 2.75) is 13.8 Å². The van der Waals surface area contributed by atoms with Crippen molar-refractivity contribution in [3.05, 3.63) is 39.6 Å². The van der Waals surface area contributed by atoms with Gasteiger partial charge in [-0.25, -0.2) is 0 Å². The molecule has 2 rings (SSSR count). The van der Waals surface area contributed by atoms with Crippen molar-refractivity contribution < 1.29 is 4.79 Å². The van der Waals surface area contributed by atoms with Gasteiger partial charge in [-0.05, 0) is 47.5 Å². The van der Waals surface area contributed by atoms with E-state index in [1.807, 2.05) is 19.1 Å². The fourth-order valence-electron chi connectivity index (χ4n) is 1.66. The number of rotatable bonds is 2. The van der Waals surface area contributed by atoms with Gasteiger partial charge in [-0.3, -0.25) is 9.89 Å². The van der Waals surface area contributed by atoms with Crippen LogP contribution in [0.5, 0.6) is 0 Å². The maximum Gasteiger partial charge on any atom is 0.259 e. The van der Waals surface area contributed by atoms with Crippen molar-refractivity contribution in [1.82, 2.24) is 10.2 Å². The number of aromatic nitrogens is 2. The Kier molecular flexibility index (Phi) is 3.38. The number of nitrogens with one attached hydrogen (secondary N) is 2. The number of nitrogen functional groups attached to an aromatic ring is 1. The summed E-state index contributed by atoms with van der Waals surface area (Å²) in [5, 5.41) is 9.31. The second-order valence-electron chi connectivity index (χ2n) is 4.07. The first-order chi connectivity index (χ1) is 8.49. The van der Waals surface area contributed by atoms with Crippen LogP contribution in [0.25, 0.3) is 0 Å². The molecule has 0 bridgehead atoms. The molecule has 0 saturated heterocycles. The third-order valence-corrected chi connectivity index (χ3v) is 3.20. The van der Waals surface area contributed by atoms with E-state index in [0.29, 0.717) is 22.6 Å². The van der Waals surface area contributed by atoms with E-state index in [4.69, 9.17) is 5.73 Å². The van der Waals surface area contributed by atoms with Gasteiger partial charge >= 0.3 is 0 Å². The molecule has 0 unspecified atom stereocenters. The summed E-state index contributed by atoms with van der Waals surface area (Å²) in [5.41, 5.74) is 9.24. The molecule has 1 heterocycles. The Hall–Kier alpha value is -1.82. The second kappa shape index (κ2) is 4.81. The molecule has 18 heavy (non-hydrogen) atoms. The fourth-order valence-corrected chi connectivity index (χ4v) is 2.35. The maximum atomic E-state index is 12.0. The summed E-state index contributed by atoms with van der Waals surface area (Å²) < 4.78 is 0.759. The molecule has 0 aliphatic carbocycles. The molecular weight excluding hydrogens is 296 g/mol. The Labute approximate surface area is 113 Å². The number of amides is 1. The third-order valence-electron chi connectivity index (χ3n) is 2.58. The van der Waals surface area contributed by atoms with E-state index >= 15 is 0 Å². The number of carbonyl (C=O) groups excluding carboxylic acids is 1. The molecule has 2 aromatic rings. The van der Waals surface area contributed by atoms with Crippen LogP contribution >= 0.6 is 15.9 Å². The highest BCUT2D eigenvalue weighted by atomic mass is 79.9. The van der Waals surface area contributed by atoms with E-state index in [2.05, 4.69) is 31.4 Å². The van der Waals surface area contributed by atoms with Crippen LogP contribution in [0.1, 0.15) is 21.6 Å². The number of halogens is 1. The lowest BCUT2D eigenvalue weighted by Crippen LogP contribution is -2.14. The Morgan fingerprint density at radius 1 is 1.44 bits per heavy atom. The normalized spacial score (nSPS) is 10.4. The lowest BCUT2D eigenvalue weighted by atomic mass is 10.2. The molecule has 0 saturated carbocycles. The summed E-state index contributed by atoms with van der Waals surface area (Å²) in [5.74, 6) is -0.238. The van der Waals surface area contributed by atoms with Crippen LogP contribution < -0.4 is 11.1 Å². The first kappa shape index (κ1) is 12.6. The zero-order chi connectivity index (χ0) is 13.3. The molecule has 5 nitrogen and oxygen atoms in total. The van der Waals surface area contributed by atoms with Crippen LogP contribution in [-0.2, 0) is 0 Å². The SMILES string of the molecule is Cc1cc(N)c(NC(=O)c2cn[nH]c2C)c(Br)c1. The highest BCUT2D eigenvalue weighted by Gasteiger charge is 2.14. The third kappa shape index (κ3) is 2.38. The van der Waals surface area contributed by atoms with Crippen LogP contribution in [0.4, 0.5) is 11.4 Å². The highest BCUT2D eigenvalue weighted by Crippen LogP contribution is 2.30. The van der Waals surface area contributed by atoms with Crippen LogP contribution in [-0.4, -0.2) is 16.1 Å². The first-order valence-corrected chi connectivity index (χ1v) is 6.15. The smallest absolute Gasteiger partial charge is 0.259 e. The number of aromatic amines is 1. The molecular formula is C12H13BrN4O. The van der Waals surface area contributed by atoms with Gasteiger partial charge in [-0.1, -0.05) is 0 Å². The van der Waals surface area contributed by atoms with Crippen molar-refractivity contribution in [3.8, 4) is 0 Å². The van der Waals surface area contributed by atoms with Gasteiger partial charge in [-0.2, -0.15) is 5.10 Å². The number of benzene rings is 1. The Balaban J connectivity index is 2.31. The molecule has 0 spiro atoms. The molecule has 0 aliphatic rings. The van der Waals surface area contributed by atoms with Crippen molar-refractivity contribution in [3.63, 3.8) is 0 Å². The topological polar surface area (TPSA) is 83.8 Å². The Morgan fingerprint density at radius 2 is 2.17 bits per heavy atom. The van der Waals surface area contributed by atoms with Gasteiger partial charge < -0.3 is 11.1 Å². The summed E-state index contributed by atoms with van der Waals surface area (Å²) >= 11 is 3.39. The number of hydrogen-bond acceptors (Lipinski definition) is 3. The van der Waals surface area contributed by atoms with Crippen LogP contribution in [0.2, 0.25) is 0 Å². The molecule has 4 N–H and O–H groups in total. The summed E-state index contributed by atoms with van der Waals surface area (Å²) in [7, 11) is 0. The minimum absolute atomic E-state index is 0.238. The predicted molar refractivity (Wildman–Crippen MR) is 74.6 cm³/mol. The largest absolute Gasteiger partial charge is 0.397 e. The minimum atomic E-state index is -0.238. The zero-order valence-electron chi connectivity index (χ0n) is 10.0. The second-order valence-corrected chi connectivity index (χ2v) is 4.93. The summed E-state index contributed by atoms with van der Waals surface area (Å²) in [6, 6.07) is 3.71. The van der Waals surface area contributed by atoms with E-state index in [-0.39, 0.29) is 5.91 Å². The van der Waals surface area contributed by atoms with Gasteiger partial charge in [0.25, 0.3) is 5.91 Å². The summed E-state index contributed by atoms with van der Waals surface area (Å²) in [6.45, 7) is 3.72. The first-order valence-electron chi connectivity index (χ1n) is 5.36. The van der Waals surface area contributed by atoms with E-state index < -0.39 is 0 Å². The van der Waals surface area contributed by atoms with Crippen molar-refractivity contribution in [1.29, 1.82) is 0 Å². The fraction of sp³-hybridized carbons (Fsp3) is 0.167. The van der Waals surface area contributed by atoms with Crippen molar-refractivity contribution in [2.75, 3.05) is 11.1 Å². The molecule has 6 heteroatoms. The quantitative estimate of drug-likeness (QED) is 0.746. The van der Waals surface area contributed by atoms with Crippen LogP contribution in [0, 0.1) is 13.8 Å². The molecule has 1 aromatic heterocycles. The molecule has 1 amide bonds. The number of nitrogens with two attached hydrogens (primary N) is 1. The van der Waals surface area contributed by atoms with E-state index in [9.17, 15) is 4.79 Å². The molecule has 0 aliphatic heterocycles. The van der Waals surface area contributed by atoms with Gasteiger partial charge in [0.1, 0.15) is 0 Å². The number of H-pyrrole nitrogens is 1. The Morgan fingerprint density at radius 3 is 2.72 bits per heavy atom. The summed E-state index contributed by atoms with van der Waals surface area (Å²) in [6.07, 6.45) is 1.49. The summed E-state index contributed by atoms with van der Waals surface area (Å²) in [4.78, 5) is 12.0. The van der Waals surface area contributed by atoms with Crippen LogP contribution in [0.15, 0.2) is 22.8 Å². The molecule has 0 fully saturated rings. The maximum absolute atomic E-state index is 12.0. The monoisotopic (exact) mass is 308 g/mol. The molecule has 0 radical (unpaired) electrons. The highest BCUT2D eigenvalue weighted by molar-refractivity contribution is 9.10. The van der Waals surface area contributed by atoms with Crippen molar-refractivity contribution >= 4 is 33.2 Å². The Bertz CT molecular complexity index is 583. The predicted octanol–water partition coefficient (Wildman–Crippen LogP) is 2.62. The minimum Gasteiger partial charge on any atom is -0.397 e. The standard InChI is InChI=1S/C12H13BrN4O/c1-6-3-9(13)11(10(14)4-6)16-12(18)8-5-15-17-7(8)2/h3-5H,14H2,1-2H3,(H,15,17)(H,16,18).